The van der Waals surface area contributed by atoms with Crippen molar-refractivity contribution in [3.8, 4) is 5.75 Å². The molecule has 0 bridgehead atoms. The number of hydrogen-bond acceptors (Lipinski definition) is 2. The lowest BCUT2D eigenvalue weighted by Crippen LogP contribution is -2.04. The normalized spacial score (nSPS) is 10.3. The standard InChI is InChI=1S/C15H12ClFO3/c1-9-2-3-10(13(16)6-9)8-20-14-7-11(17)4-5-12(14)15(18)19/h2-7H,8H2,1H3,(H,18,19). The third kappa shape index (κ3) is 3.27. The summed E-state index contributed by atoms with van der Waals surface area (Å²) in [5, 5.41) is 9.54. The molecule has 104 valence electrons. The zero-order valence-electron chi connectivity index (χ0n) is 10.7. The molecule has 0 aromatic heterocycles. The number of ether oxygens (including phenoxy) is 1. The van der Waals surface area contributed by atoms with Crippen molar-refractivity contribution in [2.24, 2.45) is 0 Å². The Hall–Kier alpha value is -2.07. The molecule has 0 fully saturated rings. The van der Waals surface area contributed by atoms with Gasteiger partial charge in [0.05, 0.1) is 0 Å². The molecule has 0 radical (unpaired) electrons. The first-order valence-corrected chi connectivity index (χ1v) is 6.26. The average Bonchev–Trinajstić information content (AvgIpc) is 2.37. The van der Waals surface area contributed by atoms with Crippen molar-refractivity contribution in [2.45, 2.75) is 13.5 Å². The molecule has 0 unspecified atom stereocenters. The molecule has 2 aromatic rings. The Bertz CT molecular complexity index is 656. The monoisotopic (exact) mass is 294 g/mol. The summed E-state index contributed by atoms with van der Waals surface area (Å²) >= 11 is 6.06. The summed E-state index contributed by atoms with van der Waals surface area (Å²) in [4.78, 5) is 11.0. The van der Waals surface area contributed by atoms with Crippen LogP contribution in [0.4, 0.5) is 4.39 Å². The molecule has 5 heteroatoms. The highest BCUT2D eigenvalue weighted by molar-refractivity contribution is 6.31. The minimum atomic E-state index is -1.17. The highest BCUT2D eigenvalue weighted by Gasteiger charge is 2.13. The molecule has 20 heavy (non-hydrogen) atoms. The highest BCUT2D eigenvalue weighted by atomic mass is 35.5. The van der Waals surface area contributed by atoms with Crippen molar-refractivity contribution in [1.82, 2.24) is 0 Å². The van der Waals surface area contributed by atoms with Crippen LogP contribution in [0, 0.1) is 12.7 Å². The summed E-state index contributed by atoms with van der Waals surface area (Å²) in [6.45, 7) is 1.98. The molecule has 0 atom stereocenters. The lowest BCUT2D eigenvalue weighted by Gasteiger charge is -2.10. The molecule has 0 spiro atoms. The number of hydrogen-bond donors (Lipinski definition) is 1. The molecule has 0 amide bonds. The van der Waals surface area contributed by atoms with Crippen LogP contribution in [0.5, 0.6) is 5.75 Å². The van der Waals surface area contributed by atoms with E-state index in [4.69, 9.17) is 21.4 Å². The summed E-state index contributed by atoms with van der Waals surface area (Å²) in [7, 11) is 0. The number of benzene rings is 2. The molecular weight excluding hydrogens is 283 g/mol. The molecule has 0 aliphatic heterocycles. The molecular formula is C15H12ClFO3. The maximum absolute atomic E-state index is 13.2. The van der Waals surface area contributed by atoms with E-state index < -0.39 is 11.8 Å². The van der Waals surface area contributed by atoms with Gasteiger partial charge in [0.25, 0.3) is 0 Å². The Balaban J connectivity index is 2.22. The second kappa shape index (κ2) is 5.92. The van der Waals surface area contributed by atoms with Crippen molar-refractivity contribution >= 4 is 17.6 Å². The van der Waals surface area contributed by atoms with Crippen molar-refractivity contribution in [3.63, 3.8) is 0 Å². The van der Waals surface area contributed by atoms with E-state index in [0.29, 0.717) is 10.6 Å². The number of carboxylic acid groups (broad SMARTS) is 1. The first-order chi connectivity index (χ1) is 9.47. The van der Waals surface area contributed by atoms with Gasteiger partial charge in [-0.25, -0.2) is 9.18 Å². The third-order valence-corrected chi connectivity index (χ3v) is 3.12. The summed E-state index contributed by atoms with van der Waals surface area (Å²) < 4.78 is 18.6. The molecule has 3 nitrogen and oxygen atoms in total. The SMILES string of the molecule is Cc1ccc(COc2cc(F)ccc2C(=O)O)c(Cl)c1. The van der Waals surface area contributed by atoms with E-state index in [1.165, 1.54) is 6.07 Å². The van der Waals surface area contributed by atoms with Crippen molar-refractivity contribution in [2.75, 3.05) is 0 Å². The smallest absolute Gasteiger partial charge is 0.339 e. The minimum Gasteiger partial charge on any atom is -0.488 e. The molecule has 0 aliphatic carbocycles. The van der Waals surface area contributed by atoms with Gasteiger partial charge in [0, 0.05) is 16.7 Å². The molecule has 2 aromatic carbocycles. The van der Waals surface area contributed by atoms with E-state index in [1.807, 2.05) is 13.0 Å². The van der Waals surface area contributed by atoms with Crippen LogP contribution in [0.25, 0.3) is 0 Å². The summed E-state index contributed by atoms with van der Waals surface area (Å²) in [6.07, 6.45) is 0. The maximum Gasteiger partial charge on any atom is 0.339 e. The Kier molecular flexibility index (Phi) is 4.25. The first kappa shape index (κ1) is 14.3. The van der Waals surface area contributed by atoms with Gasteiger partial charge in [-0.1, -0.05) is 23.7 Å². The second-order valence-corrected chi connectivity index (χ2v) is 4.74. The fourth-order valence-electron chi connectivity index (χ4n) is 1.72. The van der Waals surface area contributed by atoms with E-state index in [1.54, 1.807) is 12.1 Å². The Morgan fingerprint density at radius 1 is 1.30 bits per heavy atom. The van der Waals surface area contributed by atoms with Crippen LogP contribution in [-0.2, 0) is 6.61 Å². The topological polar surface area (TPSA) is 46.5 Å². The molecule has 0 aliphatic rings. The predicted molar refractivity (Wildman–Crippen MR) is 73.9 cm³/mol. The van der Waals surface area contributed by atoms with E-state index in [2.05, 4.69) is 0 Å². The summed E-state index contributed by atoms with van der Waals surface area (Å²) in [6, 6.07) is 8.74. The Morgan fingerprint density at radius 2 is 2.05 bits per heavy atom. The van der Waals surface area contributed by atoms with Gasteiger partial charge < -0.3 is 9.84 Å². The van der Waals surface area contributed by atoms with Crippen LogP contribution < -0.4 is 4.74 Å². The van der Waals surface area contributed by atoms with Crippen LogP contribution in [-0.4, -0.2) is 11.1 Å². The summed E-state index contributed by atoms with van der Waals surface area (Å²) in [5.74, 6) is -1.75. The van der Waals surface area contributed by atoms with Gasteiger partial charge in [0.15, 0.2) is 0 Å². The minimum absolute atomic E-state index is 0.0193. The fourth-order valence-corrected chi connectivity index (χ4v) is 2.01. The zero-order valence-corrected chi connectivity index (χ0v) is 11.4. The van der Waals surface area contributed by atoms with Crippen molar-refractivity contribution in [1.29, 1.82) is 0 Å². The number of aromatic carboxylic acids is 1. The number of aryl methyl sites for hydroxylation is 1. The number of carboxylic acids is 1. The fraction of sp³-hybridized carbons (Fsp3) is 0.133. The second-order valence-electron chi connectivity index (χ2n) is 4.33. The highest BCUT2D eigenvalue weighted by Crippen LogP contribution is 2.24. The molecule has 1 N–H and O–H groups in total. The van der Waals surface area contributed by atoms with Gasteiger partial charge in [-0.3, -0.25) is 0 Å². The molecule has 0 saturated carbocycles. The van der Waals surface area contributed by atoms with E-state index in [-0.39, 0.29) is 17.9 Å². The quantitative estimate of drug-likeness (QED) is 0.925. The third-order valence-electron chi connectivity index (χ3n) is 2.77. The van der Waals surface area contributed by atoms with Gasteiger partial charge in [-0.05, 0) is 30.7 Å². The summed E-state index contributed by atoms with van der Waals surface area (Å²) in [5.41, 5.74) is 1.63. The van der Waals surface area contributed by atoms with Gasteiger partial charge in [0.1, 0.15) is 23.7 Å². The van der Waals surface area contributed by atoms with Crippen LogP contribution in [0.3, 0.4) is 0 Å². The zero-order chi connectivity index (χ0) is 14.7. The van der Waals surface area contributed by atoms with Crippen LogP contribution >= 0.6 is 11.6 Å². The van der Waals surface area contributed by atoms with Gasteiger partial charge in [-0.2, -0.15) is 0 Å². The largest absolute Gasteiger partial charge is 0.488 e. The Morgan fingerprint density at radius 3 is 2.70 bits per heavy atom. The van der Waals surface area contributed by atoms with Crippen molar-refractivity contribution in [3.05, 3.63) is 63.9 Å². The van der Waals surface area contributed by atoms with Crippen LogP contribution in [0.15, 0.2) is 36.4 Å². The van der Waals surface area contributed by atoms with Crippen molar-refractivity contribution < 1.29 is 19.0 Å². The van der Waals surface area contributed by atoms with Gasteiger partial charge >= 0.3 is 5.97 Å². The molecule has 0 saturated heterocycles. The lowest BCUT2D eigenvalue weighted by molar-refractivity contribution is 0.0691. The van der Waals surface area contributed by atoms with Gasteiger partial charge in [0.2, 0.25) is 0 Å². The number of carbonyl (C=O) groups is 1. The number of halogens is 2. The number of rotatable bonds is 4. The van der Waals surface area contributed by atoms with E-state index >= 15 is 0 Å². The van der Waals surface area contributed by atoms with E-state index in [9.17, 15) is 9.18 Å². The lowest BCUT2D eigenvalue weighted by atomic mass is 10.1. The van der Waals surface area contributed by atoms with Crippen LogP contribution in [0.2, 0.25) is 5.02 Å². The van der Waals surface area contributed by atoms with Crippen LogP contribution in [0.1, 0.15) is 21.5 Å². The van der Waals surface area contributed by atoms with E-state index in [0.717, 1.165) is 17.7 Å². The average molecular weight is 295 g/mol. The van der Waals surface area contributed by atoms with Gasteiger partial charge in [-0.15, -0.1) is 0 Å². The molecule has 0 heterocycles. The predicted octanol–water partition coefficient (Wildman–Crippen LogP) is 4.06. The molecule has 2 rings (SSSR count). The Labute approximate surface area is 120 Å². The first-order valence-electron chi connectivity index (χ1n) is 5.88. The maximum atomic E-state index is 13.2.